The van der Waals surface area contributed by atoms with Crippen LogP contribution in [-0.2, 0) is 17.7 Å². The normalized spacial score (nSPS) is 13.3. The van der Waals surface area contributed by atoms with Gasteiger partial charge in [0.2, 0.25) is 0 Å². The first-order valence-corrected chi connectivity index (χ1v) is 9.63. The fourth-order valence-corrected chi connectivity index (χ4v) is 4.04. The average molecular weight is 445 g/mol. The summed E-state index contributed by atoms with van der Waals surface area (Å²) in [4.78, 5) is 31.3. The van der Waals surface area contributed by atoms with Crippen molar-refractivity contribution in [2.24, 2.45) is 0 Å². The molecule has 1 N–H and O–H groups in total. The Labute approximate surface area is 162 Å². The minimum absolute atomic E-state index is 0.320. The van der Waals surface area contributed by atoms with Crippen molar-refractivity contribution in [2.75, 3.05) is 18.5 Å². The van der Waals surface area contributed by atoms with E-state index in [1.807, 2.05) is 0 Å². The van der Waals surface area contributed by atoms with Crippen molar-refractivity contribution in [2.45, 2.75) is 19.9 Å². The molecule has 25 heavy (non-hydrogen) atoms. The summed E-state index contributed by atoms with van der Waals surface area (Å²) in [7, 11) is 0. The van der Waals surface area contributed by atoms with Crippen LogP contribution in [0.2, 0.25) is 5.02 Å². The van der Waals surface area contributed by atoms with Gasteiger partial charge in [0.1, 0.15) is 0 Å². The highest BCUT2D eigenvalue weighted by molar-refractivity contribution is 9.10. The van der Waals surface area contributed by atoms with Gasteiger partial charge in [0.05, 0.1) is 29.4 Å². The molecule has 0 saturated heterocycles. The molecule has 6 nitrogen and oxygen atoms in total. The van der Waals surface area contributed by atoms with Gasteiger partial charge in [0.15, 0.2) is 5.13 Å². The van der Waals surface area contributed by atoms with Crippen molar-refractivity contribution in [1.82, 2.24) is 9.88 Å². The number of fused-ring (bicyclic) bond motifs is 1. The van der Waals surface area contributed by atoms with Gasteiger partial charge in [-0.1, -0.05) is 38.9 Å². The maximum absolute atomic E-state index is 12.4. The predicted octanol–water partition coefficient (Wildman–Crippen LogP) is 4.33. The number of thiazole rings is 1. The van der Waals surface area contributed by atoms with Gasteiger partial charge in [-0.2, -0.15) is 0 Å². The van der Waals surface area contributed by atoms with E-state index in [-0.39, 0.29) is 12.0 Å². The number of hydrogen-bond donors (Lipinski definition) is 1. The Bertz CT molecular complexity index is 827. The van der Waals surface area contributed by atoms with E-state index >= 15 is 0 Å². The lowest BCUT2D eigenvalue weighted by Crippen LogP contribution is -2.35. The van der Waals surface area contributed by atoms with Crippen molar-refractivity contribution in [3.63, 3.8) is 0 Å². The molecule has 1 aliphatic heterocycles. The summed E-state index contributed by atoms with van der Waals surface area (Å²) >= 11 is 10.8. The number of rotatable bonds is 3. The Hall–Kier alpha value is -1.64. The first-order valence-electron chi connectivity index (χ1n) is 7.64. The largest absolute Gasteiger partial charge is 0.450 e. The smallest absolute Gasteiger partial charge is 0.410 e. The topological polar surface area (TPSA) is 71.5 Å². The molecule has 1 aromatic carbocycles. The number of aromatic nitrogens is 1. The minimum Gasteiger partial charge on any atom is -0.450 e. The van der Waals surface area contributed by atoms with E-state index in [4.69, 9.17) is 16.3 Å². The first-order chi connectivity index (χ1) is 12.0. The van der Waals surface area contributed by atoms with Crippen LogP contribution in [0.3, 0.4) is 0 Å². The van der Waals surface area contributed by atoms with Gasteiger partial charge in [0.25, 0.3) is 5.91 Å². The molecule has 0 spiro atoms. The Morgan fingerprint density at radius 1 is 1.48 bits per heavy atom. The lowest BCUT2D eigenvalue weighted by Gasteiger charge is -2.24. The van der Waals surface area contributed by atoms with E-state index in [0.29, 0.717) is 41.8 Å². The maximum Gasteiger partial charge on any atom is 0.410 e. The quantitative estimate of drug-likeness (QED) is 0.765. The number of carbonyl (C=O) groups excluding carboxylic acids is 2. The van der Waals surface area contributed by atoms with Crippen molar-refractivity contribution in [1.29, 1.82) is 0 Å². The SMILES string of the molecule is CCOC(=O)N1CCc2nc(NC(=O)c3cc(Br)ccc3Cl)sc2C1. The highest BCUT2D eigenvalue weighted by atomic mass is 79.9. The monoisotopic (exact) mass is 443 g/mol. The molecular weight excluding hydrogens is 430 g/mol. The molecule has 1 aromatic heterocycles. The van der Waals surface area contributed by atoms with Crippen LogP contribution < -0.4 is 5.32 Å². The van der Waals surface area contributed by atoms with Gasteiger partial charge < -0.3 is 9.64 Å². The van der Waals surface area contributed by atoms with E-state index in [9.17, 15) is 9.59 Å². The van der Waals surface area contributed by atoms with E-state index in [2.05, 4.69) is 26.2 Å². The molecule has 3 rings (SSSR count). The van der Waals surface area contributed by atoms with Gasteiger partial charge >= 0.3 is 6.09 Å². The number of nitrogens with zero attached hydrogens (tertiary/aromatic N) is 2. The van der Waals surface area contributed by atoms with Gasteiger partial charge in [0, 0.05) is 22.3 Å². The molecule has 132 valence electrons. The lowest BCUT2D eigenvalue weighted by atomic mass is 10.2. The summed E-state index contributed by atoms with van der Waals surface area (Å²) in [5, 5.41) is 3.65. The molecule has 0 radical (unpaired) electrons. The van der Waals surface area contributed by atoms with E-state index in [1.165, 1.54) is 11.3 Å². The zero-order valence-corrected chi connectivity index (χ0v) is 16.5. The van der Waals surface area contributed by atoms with Crippen molar-refractivity contribution < 1.29 is 14.3 Å². The number of benzene rings is 1. The summed E-state index contributed by atoms with van der Waals surface area (Å²) in [6.07, 6.45) is 0.311. The summed E-state index contributed by atoms with van der Waals surface area (Å²) < 4.78 is 5.80. The molecule has 2 amide bonds. The molecular formula is C16H15BrClN3O3S. The molecule has 0 unspecified atom stereocenters. The van der Waals surface area contributed by atoms with E-state index < -0.39 is 0 Å². The first kappa shape index (κ1) is 18.2. The molecule has 0 atom stereocenters. The summed E-state index contributed by atoms with van der Waals surface area (Å²) in [6.45, 7) is 3.13. The highest BCUT2D eigenvalue weighted by Gasteiger charge is 2.25. The van der Waals surface area contributed by atoms with Crippen LogP contribution in [0.5, 0.6) is 0 Å². The zero-order valence-electron chi connectivity index (χ0n) is 13.3. The van der Waals surface area contributed by atoms with Crippen LogP contribution in [0.25, 0.3) is 0 Å². The second-order valence-electron chi connectivity index (χ2n) is 5.34. The third kappa shape index (κ3) is 4.13. The molecule has 0 saturated carbocycles. The molecule has 2 heterocycles. The van der Waals surface area contributed by atoms with E-state index in [1.54, 1.807) is 30.0 Å². The summed E-state index contributed by atoms with van der Waals surface area (Å²) in [6, 6.07) is 5.09. The third-order valence-corrected chi connectivity index (χ3v) is 5.47. The third-order valence-electron chi connectivity index (χ3n) is 3.65. The molecule has 9 heteroatoms. The van der Waals surface area contributed by atoms with Gasteiger partial charge in [-0.25, -0.2) is 9.78 Å². The Balaban J connectivity index is 1.73. The molecule has 0 bridgehead atoms. The Kier molecular flexibility index (Phi) is 5.61. The van der Waals surface area contributed by atoms with Crippen molar-refractivity contribution in [3.8, 4) is 0 Å². The molecule has 0 aliphatic carbocycles. The molecule has 0 fully saturated rings. The number of nitrogens with one attached hydrogen (secondary N) is 1. The van der Waals surface area contributed by atoms with Crippen LogP contribution >= 0.6 is 38.9 Å². The number of amides is 2. The Morgan fingerprint density at radius 2 is 2.28 bits per heavy atom. The number of anilines is 1. The second kappa shape index (κ2) is 7.72. The van der Waals surface area contributed by atoms with Crippen LogP contribution in [0, 0.1) is 0 Å². The zero-order chi connectivity index (χ0) is 18.0. The lowest BCUT2D eigenvalue weighted by molar-refractivity contribution is 0.102. The molecule has 2 aromatic rings. The summed E-state index contributed by atoms with van der Waals surface area (Å²) in [5.41, 5.74) is 1.28. The maximum atomic E-state index is 12.4. The van der Waals surface area contributed by atoms with Crippen LogP contribution in [-0.4, -0.2) is 35.0 Å². The Morgan fingerprint density at radius 3 is 3.04 bits per heavy atom. The van der Waals surface area contributed by atoms with Crippen LogP contribution in [0.15, 0.2) is 22.7 Å². The number of ether oxygens (including phenoxy) is 1. The van der Waals surface area contributed by atoms with Crippen LogP contribution in [0.4, 0.5) is 9.93 Å². The van der Waals surface area contributed by atoms with Crippen molar-refractivity contribution >= 4 is 56.0 Å². The number of carbonyl (C=O) groups is 2. The van der Waals surface area contributed by atoms with Gasteiger partial charge in [-0.05, 0) is 25.1 Å². The number of hydrogen-bond acceptors (Lipinski definition) is 5. The molecule has 1 aliphatic rings. The standard InChI is InChI=1S/C16H15BrClN3O3S/c1-2-24-16(23)21-6-5-12-13(8-21)25-15(19-12)20-14(22)10-7-9(17)3-4-11(10)18/h3-4,7H,2,5-6,8H2,1H3,(H,19,20,22). The fourth-order valence-electron chi connectivity index (χ4n) is 2.46. The average Bonchev–Trinajstić information content (AvgIpc) is 2.98. The highest BCUT2D eigenvalue weighted by Crippen LogP contribution is 2.29. The number of halogens is 2. The van der Waals surface area contributed by atoms with Gasteiger partial charge in [-0.3, -0.25) is 10.1 Å². The summed E-state index contributed by atoms with van der Waals surface area (Å²) in [5.74, 6) is -0.320. The predicted molar refractivity (Wildman–Crippen MR) is 100 cm³/mol. The van der Waals surface area contributed by atoms with Crippen LogP contribution in [0.1, 0.15) is 27.9 Å². The second-order valence-corrected chi connectivity index (χ2v) is 7.74. The van der Waals surface area contributed by atoms with Crippen molar-refractivity contribution in [3.05, 3.63) is 43.8 Å². The van der Waals surface area contributed by atoms with Gasteiger partial charge in [-0.15, -0.1) is 0 Å². The van der Waals surface area contributed by atoms with E-state index in [0.717, 1.165) is 15.0 Å². The fraction of sp³-hybridized carbons (Fsp3) is 0.312. The minimum atomic E-state index is -0.326.